The molecule has 0 aliphatic carbocycles. The first-order chi connectivity index (χ1) is 8.98. The normalized spacial score (nSPS) is 11.7. The lowest BCUT2D eigenvalue weighted by Crippen LogP contribution is -2.37. The summed E-state index contributed by atoms with van der Waals surface area (Å²) in [6.07, 6.45) is -2.48. The summed E-state index contributed by atoms with van der Waals surface area (Å²) in [5, 5.41) is 2.94. The summed E-state index contributed by atoms with van der Waals surface area (Å²) in [4.78, 5) is 10.6. The van der Waals surface area contributed by atoms with Gasteiger partial charge in [0.05, 0.1) is 0 Å². The van der Waals surface area contributed by atoms with E-state index >= 15 is 0 Å². The van der Waals surface area contributed by atoms with Gasteiger partial charge in [0.15, 0.2) is 0 Å². The van der Waals surface area contributed by atoms with Gasteiger partial charge in [-0.15, -0.1) is 0 Å². The number of carbonyl (C=O) groups excluding carboxylic acids is 1. The van der Waals surface area contributed by atoms with Gasteiger partial charge in [0.1, 0.15) is 0 Å². The topological polar surface area (TPSA) is 34.0 Å². The van der Waals surface area contributed by atoms with Crippen molar-refractivity contribution in [3.8, 4) is 0 Å². The fraction of sp³-hybridized carbons (Fsp3) is 0.308. The van der Waals surface area contributed by atoms with Gasteiger partial charge in [-0.25, -0.2) is 0 Å². The molecule has 2 aromatic rings. The van der Waals surface area contributed by atoms with Crippen LogP contribution >= 0.6 is 0 Å². The van der Waals surface area contributed by atoms with Crippen molar-refractivity contribution in [3.05, 3.63) is 36.5 Å². The van der Waals surface area contributed by atoms with Crippen LogP contribution in [0.25, 0.3) is 10.9 Å². The van der Waals surface area contributed by atoms with Crippen LogP contribution in [0.2, 0.25) is 0 Å². The maximum atomic E-state index is 11.9. The van der Waals surface area contributed by atoms with Crippen molar-refractivity contribution in [3.63, 3.8) is 0 Å². The van der Waals surface area contributed by atoms with Crippen LogP contribution in [0.4, 0.5) is 13.2 Å². The Morgan fingerprint density at radius 2 is 1.95 bits per heavy atom. The van der Waals surface area contributed by atoms with E-state index in [2.05, 4.69) is 0 Å². The van der Waals surface area contributed by atoms with Crippen molar-refractivity contribution in [2.24, 2.45) is 0 Å². The van der Waals surface area contributed by atoms with Crippen LogP contribution in [0, 0.1) is 0 Å². The fourth-order valence-corrected chi connectivity index (χ4v) is 1.89. The van der Waals surface area contributed by atoms with E-state index in [4.69, 9.17) is 0 Å². The van der Waals surface area contributed by atoms with Crippen LogP contribution < -0.4 is 5.32 Å². The minimum atomic E-state index is -4.81. The highest BCUT2D eigenvalue weighted by Crippen LogP contribution is 2.16. The summed E-state index contributed by atoms with van der Waals surface area (Å²) in [6.45, 7) is 0.566. The first-order valence-corrected chi connectivity index (χ1v) is 5.87. The molecule has 0 spiro atoms. The number of alkyl halides is 3. The van der Waals surface area contributed by atoms with Gasteiger partial charge < -0.3 is 9.88 Å². The number of hydrogen-bond donors (Lipinski definition) is 1. The minimum Gasteiger partial charge on any atom is -0.348 e. The zero-order valence-corrected chi connectivity index (χ0v) is 10.1. The van der Waals surface area contributed by atoms with Gasteiger partial charge in [-0.1, -0.05) is 18.2 Å². The summed E-state index contributed by atoms with van der Waals surface area (Å²) in [5.41, 5.74) is 1.03. The van der Waals surface area contributed by atoms with Crippen LogP contribution in [0.5, 0.6) is 0 Å². The van der Waals surface area contributed by atoms with Gasteiger partial charge >= 0.3 is 12.1 Å². The van der Waals surface area contributed by atoms with E-state index in [0.29, 0.717) is 13.0 Å². The Bertz CT molecular complexity index is 575. The molecule has 0 saturated heterocycles. The quantitative estimate of drug-likeness (QED) is 0.852. The van der Waals surface area contributed by atoms with Crippen molar-refractivity contribution >= 4 is 16.8 Å². The summed E-state index contributed by atoms with van der Waals surface area (Å²) < 4.78 is 37.8. The summed E-state index contributed by atoms with van der Waals surface area (Å²) in [6, 6.07) is 9.70. The van der Waals surface area contributed by atoms with E-state index in [1.165, 1.54) is 0 Å². The van der Waals surface area contributed by atoms with Crippen LogP contribution in [0.15, 0.2) is 36.5 Å². The van der Waals surface area contributed by atoms with Crippen LogP contribution in [-0.2, 0) is 11.3 Å². The largest absolute Gasteiger partial charge is 0.471 e. The molecule has 0 radical (unpaired) electrons. The lowest BCUT2D eigenvalue weighted by molar-refractivity contribution is -0.173. The van der Waals surface area contributed by atoms with E-state index in [-0.39, 0.29) is 6.54 Å². The molecule has 0 fully saturated rings. The molecule has 1 heterocycles. The van der Waals surface area contributed by atoms with Gasteiger partial charge in [-0.3, -0.25) is 4.79 Å². The van der Waals surface area contributed by atoms with E-state index in [0.717, 1.165) is 10.9 Å². The number of nitrogens with one attached hydrogen (secondary N) is 1. The average Bonchev–Trinajstić information content (AvgIpc) is 2.76. The number of para-hydroxylation sites is 1. The molecule has 1 aromatic carbocycles. The zero-order valence-electron chi connectivity index (χ0n) is 10.1. The number of aromatic nitrogens is 1. The molecule has 1 amide bonds. The van der Waals surface area contributed by atoms with E-state index in [9.17, 15) is 18.0 Å². The highest BCUT2D eigenvalue weighted by molar-refractivity contribution is 5.81. The summed E-state index contributed by atoms with van der Waals surface area (Å²) >= 11 is 0. The van der Waals surface area contributed by atoms with E-state index in [1.54, 1.807) is 0 Å². The molecule has 0 saturated carbocycles. The molecular formula is C13H13F3N2O. The van der Waals surface area contributed by atoms with Crippen LogP contribution in [0.1, 0.15) is 6.42 Å². The monoisotopic (exact) mass is 270 g/mol. The third-order valence-electron chi connectivity index (χ3n) is 2.80. The maximum absolute atomic E-state index is 11.9. The van der Waals surface area contributed by atoms with Gasteiger partial charge in [0, 0.05) is 24.8 Å². The van der Waals surface area contributed by atoms with Gasteiger partial charge in [0.25, 0.3) is 0 Å². The second-order valence-corrected chi connectivity index (χ2v) is 4.18. The van der Waals surface area contributed by atoms with E-state index in [1.807, 2.05) is 46.4 Å². The number of halogens is 3. The molecule has 2 rings (SSSR count). The number of benzene rings is 1. The molecule has 102 valence electrons. The Hall–Kier alpha value is -1.98. The average molecular weight is 270 g/mol. The minimum absolute atomic E-state index is 0.00481. The smallest absolute Gasteiger partial charge is 0.348 e. The molecule has 1 aromatic heterocycles. The molecule has 19 heavy (non-hydrogen) atoms. The number of carbonyl (C=O) groups is 1. The molecule has 6 heteroatoms. The molecule has 0 bridgehead atoms. The predicted octanol–water partition coefficient (Wildman–Crippen LogP) is 2.71. The van der Waals surface area contributed by atoms with E-state index < -0.39 is 12.1 Å². The third-order valence-corrected chi connectivity index (χ3v) is 2.80. The molecule has 1 N–H and O–H groups in total. The second kappa shape index (κ2) is 5.34. The summed E-state index contributed by atoms with van der Waals surface area (Å²) in [5.74, 6) is -1.88. The Morgan fingerprint density at radius 1 is 1.21 bits per heavy atom. The van der Waals surface area contributed by atoms with Crippen molar-refractivity contribution in [2.45, 2.75) is 19.1 Å². The molecule has 3 nitrogen and oxygen atoms in total. The third kappa shape index (κ3) is 3.27. The molecular weight excluding hydrogens is 257 g/mol. The van der Waals surface area contributed by atoms with Gasteiger partial charge in [-0.05, 0) is 23.9 Å². The summed E-state index contributed by atoms with van der Waals surface area (Å²) in [7, 11) is 0. The number of amides is 1. The SMILES string of the molecule is O=C(NCCCn1ccc2ccccc21)C(F)(F)F. The van der Waals surface area contributed by atoms with Crippen molar-refractivity contribution in [2.75, 3.05) is 6.54 Å². The number of rotatable bonds is 4. The number of nitrogens with zero attached hydrogens (tertiary/aromatic N) is 1. The highest BCUT2D eigenvalue weighted by atomic mass is 19.4. The number of fused-ring (bicyclic) bond motifs is 1. The Balaban J connectivity index is 1.85. The van der Waals surface area contributed by atoms with Crippen LogP contribution in [-0.4, -0.2) is 23.2 Å². The van der Waals surface area contributed by atoms with Crippen LogP contribution in [0.3, 0.4) is 0 Å². The van der Waals surface area contributed by atoms with Crippen molar-refractivity contribution in [1.82, 2.24) is 9.88 Å². The first kappa shape index (κ1) is 13.5. The maximum Gasteiger partial charge on any atom is 0.471 e. The van der Waals surface area contributed by atoms with Gasteiger partial charge in [0.2, 0.25) is 0 Å². The fourth-order valence-electron chi connectivity index (χ4n) is 1.89. The Morgan fingerprint density at radius 3 is 2.68 bits per heavy atom. The highest BCUT2D eigenvalue weighted by Gasteiger charge is 2.38. The Kier molecular flexibility index (Phi) is 3.78. The van der Waals surface area contributed by atoms with Crippen molar-refractivity contribution in [1.29, 1.82) is 0 Å². The second-order valence-electron chi connectivity index (χ2n) is 4.18. The number of aryl methyl sites for hydroxylation is 1. The lowest BCUT2D eigenvalue weighted by Gasteiger charge is -2.08. The molecule has 0 atom stereocenters. The molecule has 0 aliphatic rings. The van der Waals surface area contributed by atoms with Gasteiger partial charge in [-0.2, -0.15) is 13.2 Å². The van der Waals surface area contributed by atoms with Crippen molar-refractivity contribution < 1.29 is 18.0 Å². The lowest BCUT2D eigenvalue weighted by atomic mass is 10.2. The zero-order chi connectivity index (χ0) is 13.9. The molecule has 0 unspecified atom stereocenters. The predicted molar refractivity (Wildman–Crippen MR) is 65.6 cm³/mol. The molecule has 0 aliphatic heterocycles. The Labute approximate surface area is 108 Å². The standard InChI is InChI=1S/C13H13F3N2O/c14-13(15,16)12(19)17-7-3-8-18-9-6-10-4-1-2-5-11(10)18/h1-2,4-6,9H,3,7-8H2,(H,17,19). The first-order valence-electron chi connectivity index (χ1n) is 5.87. The number of hydrogen-bond acceptors (Lipinski definition) is 1.